The van der Waals surface area contributed by atoms with Crippen LogP contribution in [0.4, 0.5) is 0 Å². The Morgan fingerprint density at radius 3 is 2.74 bits per heavy atom. The quantitative estimate of drug-likeness (QED) is 0.629. The molecule has 4 nitrogen and oxygen atoms in total. The highest BCUT2D eigenvalue weighted by atomic mass is 16.3. The number of nitrogens with zero attached hydrogens (tertiary/aromatic N) is 2. The van der Waals surface area contributed by atoms with E-state index in [0.717, 1.165) is 36.3 Å². The molecule has 3 rings (SSSR count). The van der Waals surface area contributed by atoms with Crippen LogP contribution in [0.15, 0.2) is 41.3 Å². The highest BCUT2D eigenvalue weighted by Gasteiger charge is 2.14. The van der Waals surface area contributed by atoms with Crippen LogP contribution in [0.1, 0.15) is 43.4 Å². The summed E-state index contributed by atoms with van der Waals surface area (Å²) in [4.78, 5) is 4.83. The first kappa shape index (κ1) is 15.8. The Morgan fingerprint density at radius 1 is 1.13 bits per heavy atom. The minimum Gasteiger partial charge on any atom is -0.472 e. The van der Waals surface area contributed by atoms with Crippen molar-refractivity contribution < 1.29 is 4.42 Å². The Labute approximate surface area is 137 Å². The summed E-state index contributed by atoms with van der Waals surface area (Å²) in [6, 6.07) is 6.26. The van der Waals surface area contributed by atoms with Crippen molar-refractivity contribution in [1.82, 2.24) is 9.38 Å². The number of furan rings is 1. The van der Waals surface area contributed by atoms with Crippen LogP contribution in [0.3, 0.4) is 0 Å². The van der Waals surface area contributed by atoms with Gasteiger partial charge in [0, 0.05) is 11.8 Å². The summed E-state index contributed by atoms with van der Waals surface area (Å²) in [6.07, 6.45) is 12.7. The molecule has 0 saturated heterocycles. The largest absolute Gasteiger partial charge is 0.472 e. The molecule has 0 bridgehead atoms. The second-order valence-corrected chi connectivity index (χ2v) is 6.16. The predicted octanol–water partition coefficient (Wildman–Crippen LogP) is 4.35. The SMILES string of the molecule is Cc1ccn2c(CCCCCCCN)c(-c3ccoc3)nc2c1. The van der Waals surface area contributed by atoms with E-state index in [0.29, 0.717) is 0 Å². The third-order valence-electron chi connectivity index (χ3n) is 4.29. The number of rotatable bonds is 8. The molecule has 4 heteroatoms. The number of aryl methyl sites for hydroxylation is 2. The summed E-state index contributed by atoms with van der Waals surface area (Å²) in [7, 11) is 0. The summed E-state index contributed by atoms with van der Waals surface area (Å²) < 4.78 is 7.47. The average molecular weight is 311 g/mol. The van der Waals surface area contributed by atoms with Crippen LogP contribution < -0.4 is 5.73 Å². The van der Waals surface area contributed by atoms with Crippen molar-refractivity contribution in [3.05, 3.63) is 48.2 Å². The standard InChI is InChI=1S/C19H25N3O/c1-15-8-11-22-17(7-5-3-2-4-6-10-20)19(21-18(22)13-15)16-9-12-23-14-16/h8-9,11-14H,2-7,10,20H2,1H3. The molecule has 0 unspecified atom stereocenters. The molecule has 0 spiro atoms. The van der Waals surface area contributed by atoms with Gasteiger partial charge >= 0.3 is 0 Å². The molecule has 3 heterocycles. The fourth-order valence-electron chi connectivity index (χ4n) is 3.03. The molecule has 0 fully saturated rings. The molecule has 122 valence electrons. The van der Waals surface area contributed by atoms with Gasteiger partial charge in [0.25, 0.3) is 0 Å². The molecule has 0 aliphatic carbocycles. The zero-order valence-corrected chi connectivity index (χ0v) is 13.8. The van der Waals surface area contributed by atoms with Gasteiger partial charge in [0.2, 0.25) is 0 Å². The van der Waals surface area contributed by atoms with Crippen LogP contribution in [-0.4, -0.2) is 15.9 Å². The van der Waals surface area contributed by atoms with Crippen LogP contribution in [0.2, 0.25) is 0 Å². The monoisotopic (exact) mass is 311 g/mol. The van der Waals surface area contributed by atoms with Crippen molar-refractivity contribution in [2.45, 2.75) is 45.4 Å². The number of imidazole rings is 1. The third-order valence-corrected chi connectivity index (χ3v) is 4.29. The molecule has 2 N–H and O–H groups in total. The fourth-order valence-corrected chi connectivity index (χ4v) is 3.03. The lowest BCUT2D eigenvalue weighted by atomic mass is 10.1. The van der Waals surface area contributed by atoms with Gasteiger partial charge in [-0.1, -0.05) is 19.3 Å². The van der Waals surface area contributed by atoms with Crippen molar-refractivity contribution >= 4 is 5.65 Å². The summed E-state index contributed by atoms with van der Waals surface area (Å²) >= 11 is 0. The van der Waals surface area contributed by atoms with Gasteiger partial charge in [-0.2, -0.15) is 0 Å². The molecule has 0 aliphatic rings. The first-order chi connectivity index (χ1) is 11.3. The summed E-state index contributed by atoms with van der Waals surface area (Å²) in [6.45, 7) is 2.90. The first-order valence-corrected chi connectivity index (χ1v) is 8.50. The predicted molar refractivity (Wildman–Crippen MR) is 93.5 cm³/mol. The Morgan fingerprint density at radius 2 is 1.96 bits per heavy atom. The second-order valence-electron chi connectivity index (χ2n) is 6.16. The lowest BCUT2D eigenvalue weighted by Crippen LogP contribution is -1.98. The molecule has 0 saturated carbocycles. The summed E-state index contributed by atoms with van der Waals surface area (Å²) in [5.41, 5.74) is 11.2. The van der Waals surface area contributed by atoms with E-state index in [1.807, 2.05) is 6.07 Å². The first-order valence-electron chi connectivity index (χ1n) is 8.50. The van der Waals surface area contributed by atoms with Crippen LogP contribution >= 0.6 is 0 Å². The van der Waals surface area contributed by atoms with E-state index in [1.165, 1.54) is 36.9 Å². The molecular weight excluding hydrogens is 286 g/mol. The van der Waals surface area contributed by atoms with E-state index < -0.39 is 0 Å². The molecule has 0 atom stereocenters. The number of pyridine rings is 1. The van der Waals surface area contributed by atoms with Crippen molar-refractivity contribution in [1.29, 1.82) is 0 Å². The fraction of sp³-hybridized carbons (Fsp3) is 0.421. The molecule has 3 aromatic heterocycles. The van der Waals surface area contributed by atoms with E-state index in [1.54, 1.807) is 12.5 Å². The molecular formula is C19H25N3O. The molecule has 23 heavy (non-hydrogen) atoms. The van der Waals surface area contributed by atoms with Crippen molar-refractivity contribution in [3.8, 4) is 11.3 Å². The lowest BCUT2D eigenvalue weighted by Gasteiger charge is -2.05. The van der Waals surface area contributed by atoms with Crippen molar-refractivity contribution in [2.75, 3.05) is 6.54 Å². The van der Waals surface area contributed by atoms with E-state index in [9.17, 15) is 0 Å². The lowest BCUT2D eigenvalue weighted by molar-refractivity contribution is 0.568. The smallest absolute Gasteiger partial charge is 0.137 e. The van der Waals surface area contributed by atoms with Gasteiger partial charge in [0.1, 0.15) is 5.65 Å². The maximum atomic E-state index is 5.55. The Hall–Kier alpha value is -2.07. The Bertz CT molecular complexity index is 743. The van der Waals surface area contributed by atoms with Gasteiger partial charge in [-0.25, -0.2) is 4.98 Å². The zero-order valence-electron chi connectivity index (χ0n) is 13.8. The number of nitrogens with two attached hydrogens (primary N) is 1. The summed E-state index contributed by atoms with van der Waals surface area (Å²) in [5.74, 6) is 0. The van der Waals surface area contributed by atoms with Gasteiger partial charge in [-0.3, -0.25) is 0 Å². The number of hydrogen-bond donors (Lipinski definition) is 1. The van der Waals surface area contributed by atoms with Crippen LogP contribution in [0.5, 0.6) is 0 Å². The van der Waals surface area contributed by atoms with Gasteiger partial charge in [-0.05, 0) is 56.5 Å². The Kier molecular flexibility index (Phi) is 5.13. The van der Waals surface area contributed by atoms with Gasteiger partial charge < -0.3 is 14.6 Å². The van der Waals surface area contributed by atoms with E-state index in [-0.39, 0.29) is 0 Å². The summed E-state index contributed by atoms with van der Waals surface area (Å²) in [5, 5.41) is 0. The topological polar surface area (TPSA) is 56.5 Å². The number of hydrogen-bond acceptors (Lipinski definition) is 3. The average Bonchev–Trinajstić information content (AvgIpc) is 3.18. The molecule has 0 radical (unpaired) electrons. The highest BCUT2D eigenvalue weighted by Crippen LogP contribution is 2.27. The van der Waals surface area contributed by atoms with Crippen LogP contribution in [0.25, 0.3) is 16.9 Å². The minimum atomic E-state index is 0.803. The second kappa shape index (κ2) is 7.47. The Balaban J connectivity index is 1.80. The van der Waals surface area contributed by atoms with Crippen LogP contribution in [0, 0.1) is 6.92 Å². The number of fused-ring (bicyclic) bond motifs is 1. The number of aromatic nitrogens is 2. The normalized spacial score (nSPS) is 11.4. The molecule has 0 amide bonds. The van der Waals surface area contributed by atoms with E-state index in [4.69, 9.17) is 15.1 Å². The van der Waals surface area contributed by atoms with Gasteiger partial charge in [-0.15, -0.1) is 0 Å². The van der Waals surface area contributed by atoms with E-state index in [2.05, 4.69) is 29.7 Å². The van der Waals surface area contributed by atoms with E-state index >= 15 is 0 Å². The highest BCUT2D eigenvalue weighted by molar-refractivity contribution is 5.65. The van der Waals surface area contributed by atoms with Gasteiger partial charge in [0.05, 0.1) is 23.9 Å². The van der Waals surface area contributed by atoms with Crippen molar-refractivity contribution in [2.24, 2.45) is 5.73 Å². The van der Waals surface area contributed by atoms with Crippen molar-refractivity contribution in [3.63, 3.8) is 0 Å². The molecule has 0 aliphatic heterocycles. The molecule has 3 aromatic rings. The van der Waals surface area contributed by atoms with Crippen LogP contribution in [-0.2, 0) is 6.42 Å². The maximum absolute atomic E-state index is 5.55. The third kappa shape index (κ3) is 3.64. The molecule has 0 aromatic carbocycles. The minimum absolute atomic E-state index is 0.803. The number of unbranched alkanes of at least 4 members (excludes halogenated alkanes) is 4. The van der Waals surface area contributed by atoms with Gasteiger partial charge in [0.15, 0.2) is 0 Å². The zero-order chi connectivity index (χ0) is 16.1. The maximum Gasteiger partial charge on any atom is 0.137 e.